The summed E-state index contributed by atoms with van der Waals surface area (Å²) < 4.78 is 0. The molecule has 0 radical (unpaired) electrons. The van der Waals surface area contributed by atoms with Crippen LogP contribution in [-0.4, -0.2) is 37.1 Å². The van der Waals surface area contributed by atoms with Crippen LogP contribution in [0.3, 0.4) is 0 Å². The first kappa shape index (κ1) is 7.34. The maximum atomic E-state index is 3.36. The Hall–Kier alpha value is -0.0800. The molecule has 3 aliphatic rings. The van der Waals surface area contributed by atoms with Crippen LogP contribution < -0.4 is 5.32 Å². The predicted octanol–water partition coefficient (Wildman–Crippen LogP) is 0.546. The molecule has 1 aliphatic carbocycles. The van der Waals surface area contributed by atoms with E-state index in [1.165, 1.54) is 32.6 Å². The largest absolute Gasteiger partial charge is 0.316 e. The number of rotatable bonds is 2. The van der Waals surface area contributed by atoms with Crippen LogP contribution in [0, 0.1) is 17.8 Å². The molecule has 0 amide bonds. The molecule has 3 rings (SSSR count). The lowest BCUT2D eigenvalue weighted by molar-refractivity contribution is 0.135. The molecular weight excluding hydrogens is 148 g/mol. The van der Waals surface area contributed by atoms with Gasteiger partial charge >= 0.3 is 0 Å². The molecule has 68 valence electrons. The minimum Gasteiger partial charge on any atom is -0.316 e. The monoisotopic (exact) mass is 166 g/mol. The Kier molecular flexibility index (Phi) is 1.50. The summed E-state index contributed by atoms with van der Waals surface area (Å²) in [4.78, 5) is 2.71. The molecule has 2 aliphatic heterocycles. The lowest BCUT2D eigenvalue weighted by Crippen LogP contribution is -2.53. The molecule has 12 heavy (non-hydrogen) atoms. The van der Waals surface area contributed by atoms with E-state index in [-0.39, 0.29) is 0 Å². The van der Waals surface area contributed by atoms with Gasteiger partial charge in [-0.3, -0.25) is 4.90 Å². The van der Waals surface area contributed by atoms with Crippen molar-refractivity contribution in [1.82, 2.24) is 10.2 Å². The van der Waals surface area contributed by atoms with Gasteiger partial charge in [-0.2, -0.15) is 0 Å². The highest BCUT2D eigenvalue weighted by Gasteiger charge is 2.47. The third-order valence-corrected chi connectivity index (χ3v) is 4.08. The zero-order valence-corrected chi connectivity index (χ0v) is 7.79. The lowest BCUT2D eigenvalue weighted by Gasteiger charge is -2.38. The quantitative estimate of drug-likeness (QED) is 0.644. The molecule has 2 saturated heterocycles. The zero-order valence-electron chi connectivity index (χ0n) is 7.79. The smallest absolute Gasteiger partial charge is 0.0120 e. The lowest BCUT2D eigenvalue weighted by atomic mass is 9.94. The van der Waals surface area contributed by atoms with Gasteiger partial charge in [0.2, 0.25) is 0 Å². The van der Waals surface area contributed by atoms with Gasteiger partial charge in [-0.25, -0.2) is 0 Å². The Balaban J connectivity index is 1.58. The van der Waals surface area contributed by atoms with E-state index in [4.69, 9.17) is 0 Å². The maximum Gasteiger partial charge on any atom is 0.0120 e. The van der Waals surface area contributed by atoms with E-state index in [1.54, 1.807) is 0 Å². The number of likely N-dealkylation sites (tertiary alicyclic amines) is 1. The molecule has 3 atom stereocenters. The maximum absolute atomic E-state index is 3.36. The molecule has 0 bridgehead atoms. The second kappa shape index (κ2) is 2.46. The Labute approximate surface area is 74.3 Å². The summed E-state index contributed by atoms with van der Waals surface area (Å²) in [7, 11) is 0. The van der Waals surface area contributed by atoms with Gasteiger partial charge in [-0.05, 0) is 31.1 Å². The van der Waals surface area contributed by atoms with Crippen LogP contribution in [-0.2, 0) is 0 Å². The number of nitrogens with one attached hydrogen (secondary N) is 1. The SMILES string of the molecule is CC(C1CNC1)N1CC2CC2C1. The normalized spacial score (nSPS) is 43.8. The van der Waals surface area contributed by atoms with Crippen molar-refractivity contribution in [3.63, 3.8) is 0 Å². The van der Waals surface area contributed by atoms with Crippen molar-refractivity contribution in [1.29, 1.82) is 0 Å². The average molecular weight is 166 g/mol. The Bertz CT molecular complexity index is 178. The van der Waals surface area contributed by atoms with Crippen LogP contribution in [0.1, 0.15) is 13.3 Å². The second-order valence-electron chi connectivity index (χ2n) is 4.87. The molecule has 2 heteroatoms. The first-order valence-corrected chi connectivity index (χ1v) is 5.29. The fourth-order valence-corrected chi connectivity index (χ4v) is 2.72. The van der Waals surface area contributed by atoms with Gasteiger partial charge in [0.05, 0.1) is 0 Å². The van der Waals surface area contributed by atoms with Crippen molar-refractivity contribution in [2.24, 2.45) is 17.8 Å². The molecule has 1 N–H and O–H groups in total. The molecule has 3 unspecified atom stereocenters. The molecule has 2 heterocycles. The summed E-state index contributed by atoms with van der Waals surface area (Å²) >= 11 is 0. The van der Waals surface area contributed by atoms with Crippen LogP contribution in [0.2, 0.25) is 0 Å². The van der Waals surface area contributed by atoms with E-state index in [0.29, 0.717) is 0 Å². The summed E-state index contributed by atoms with van der Waals surface area (Å²) in [5, 5.41) is 3.36. The van der Waals surface area contributed by atoms with Crippen molar-refractivity contribution in [3.8, 4) is 0 Å². The molecule has 2 nitrogen and oxygen atoms in total. The minimum absolute atomic E-state index is 0.846. The third-order valence-electron chi connectivity index (χ3n) is 4.08. The summed E-state index contributed by atoms with van der Waals surface area (Å²) in [6.45, 7) is 7.74. The van der Waals surface area contributed by atoms with Crippen molar-refractivity contribution in [2.75, 3.05) is 26.2 Å². The van der Waals surface area contributed by atoms with E-state index >= 15 is 0 Å². The molecular formula is C10H18N2. The summed E-state index contributed by atoms with van der Waals surface area (Å²) in [6, 6.07) is 0.846. The van der Waals surface area contributed by atoms with Gasteiger partial charge < -0.3 is 5.32 Å². The van der Waals surface area contributed by atoms with Crippen molar-refractivity contribution in [3.05, 3.63) is 0 Å². The van der Waals surface area contributed by atoms with E-state index < -0.39 is 0 Å². The van der Waals surface area contributed by atoms with Crippen LogP contribution in [0.15, 0.2) is 0 Å². The first-order chi connectivity index (χ1) is 5.84. The van der Waals surface area contributed by atoms with E-state index in [2.05, 4.69) is 17.1 Å². The standard InChI is InChI=1S/C10H18N2/c1-7(10-3-11-4-10)12-5-8-2-9(8)6-12/h7-11H,2-6H2,1H3. The van der Waals surface area contributed by atoms with Gasteiger partial charge in [-0.15, -0.1) is 0 Å². The fraction of sp³-hybridized carbons (Fsp3) is 1.00. The fourth-order valence-electron chi connectivity index (χ4n) is 2.72. The van der Waals surface area contributed by atoms with E-state index in [1.807, 2.05) is 0 Å². The van der Waals surface area contributed by atoms with E-state index in [0.717, 1.165) is 23.8 Å². The molecule has 1 saturated carbocycles. The molecule has 0 aromatic rings. The number of hydrogen-bond donors (Lipinski definition) is 1. The summed E-state index contributed by atoms with van der Waals surface area (Å²) in [5.74, 6) is 3.14. The summed E-state index contributed by atoms with van der Waals surface area (Å²) in [5.41, 5.74) is 0. The molecule has 0 spiro atoms. The minimum atomic E-state index is 0.846. The number of fused-ring (bicyclic) bond motifs is 1. The van der Waals surface area contributed by atoms with Crippen LogP contribution >= 0.6 is 0 Å². The van der Waals surface area contributed by atoms with Crippen LogP contribution in [0.5, 0.6) is 0 Å². The van der Waals surface area contributed by atoms with Gasteiger partial charge in [-0.1, -0.05) is 0 Å². The van der Waals surface area contributed by atoms with Crippen molar-refractivity contribution in [2.45, 2.75) is 19.4 Å². The van der Waals surface area contributed by atoms with Gasteiger partial charge in [0, 0.05) is 32.2 Å². The van der Waals surface area contributed by atoms with Crippen LogP contribution in [0.25, 0.3) is 0 Å². The topological polar surface area (TPSA) is 15.3 Å². The zero-order chi connectivity index (χ0) is 8.13. The first-order valence-electron chi connectivity index (χ1n) is 5.29. The molecule has 3 fully saturated rings. The number of hydrogen-bond acceptors (Lipinski definition) is 2. The Morgan fingerprint density at radius 3 is 2.42 bits per heavy atom. The molecule has 0 aromatic heterocycles. The Morgan fingerprint density at radius 2 is 1.92 bits per heavy atom. The number of nitrogens with zero attached hydrogens (tertiary/aromatic N) is 1. The van der Waals surface area contributed by atoms with Crippen molar-refractivity contribution < 1.29 is 0 Å². The highest BCUT2D eigenvalue weighted by molar-refractivity contribution is 5.00. The van der Waals surface area contributed by atoms with E-state index in [9.17, 15) is 0 Å². The predicted molar refractivity (Wildman–Crippen MR) is 49.0 cm³/mol. The molecule has 0 aromatic carbocycles. The van der Waals surface area contributed by atoms with Gasteiger partial charge in [0.1, 0.15) is 0 Å². The average Bonchev–Trinajstić information content (AvgIpc) is 2.55. The second-order valence-corrected chi connectivity index (χ2v) is 4.87. The van der Waals surface area contributed by atoms with Crippen molar-refractivity contribution >= 4 is 0 Å². The number of piperidine rings is 1. The van der Waals surface area contributed by atoms with Crippen LogP contribution in [0.4, 0.5) is 0 Å². The summed E-state index contributed by atoms with van der Waals surface area (Å²) in [6.07, 6.45) is 1.53. The Morgan fingerprint density at radius 1 is 1.25 bits per heavy atom. The highest BCUT2D eigenvalue weighted by Crippen LogP contribution is 2.46. The third kappa shape index (κ3) is 1.01. The van der Waals surface area contributed by atoms with Gasteiger partial charge in [0.15, 0.2) is 0 Å². The van der Waals surface area contributed by atoms with Gasteiger partial charge in [0.25, 0.3) is 0 Å². The highest BCUT2D eigenvalue weighted by atomic mass is 15.2.